The Morgan fingerprint density at radius 3 is 2.47 bits per heavy atom. The summed E-state index contributed by atoms with van der Waals surface area (Å²) in [7, 11) is 0. The molecule has 0 aliphatic heterocycles. The summed E-state index contributed by atoms with van der Waals surface area (Å²) in [6.45, 7) is 8.36. The van der Waals surface area contributed by atoms with Gasteiger partial charge in [-0.15, -0.1) is 0 Å². The summed E-state index contributed by atoms with van der Waals surface area (Å²) in [6, 6.07) is 3.38. The van der Waals surface area contributed by atoms with Crippen molar-refractivity contribution < 1.29 is 10.0 Å². The number of nitrogens with one attached hydrogen (secondary N) is 1. The quantitative estimate of drug-likeness (QED) is 0.613. The number of nitro groups is 1. The second-order valence-corrected chi connectivity index (χ2v) is 5.39. The fourth-order valence-corrected chi connectivity index (χ4v) is 1.79. The van der Waals surface area contributed by atoms with Crippen LogP contribution in [0.3, 0.4) is 0 Å². The van der Waals surface area contributed by atoms with E-state index in [1.165, 1.54) is 0 Å². The number of benzene rings is 1. The van der Waals surface area contributed by atoms with Crippen LogP contribution >= 0.6 is 0 Å². The highest BCUT2D eigenvalue weighted by atomic mass is 16.6. The first-order valence-electron chi connectivity index (χ1n) is 6.43. The van der Waals surface area contributed by atoms with Crippen molar-refractivity contribution in [1.82, 2.24) is 0 Å². The molecule has 0 saturated carbocycles. The number of nitrogens with zero attached hydrogens (tertiary/aromatic N) is 1. The van der Waals surface area contributed by atoms with Crippen molar-refractivity contribution in [2.45, 2.75) is 34.1 Å². The minimum atomic E-state index is -0.365. The summed E-state index contributed by atoms with van der Waals surface area (Å²) >= 11 is 0. The number of hydrogen-bond donors (Lipinski definition) is 2. The van der Waals surface area contributed by atoms with E-state index in [1.807, 2.05) is 20.8 Å². The summed E-state index contributed by atoms with van der Waals surface area (Å²) in [6.07, 6.45) is 0.863. The van der Waals surface area contributed by atoms with Gasteiger partial charge in [0.25, 0.3) is 5.69 Å². The summed E-state index contributed by atoms with van der Waals surface area (Å²) in [5.74, 6) is 0. The molecule has 1 aromatic rings. The van der Waals surface area contributed by atoms with Crippen LogP contribution in [-0.4, -0.2) is 23.2 Å². The van der Waals surface area contributed by atoms with Crippen LogP contribution in [-0.2, 0) is 0 Å². The van der Waals surface area contributed by atoms with Gasteiger partial charge in [-0.25, -0.2) is 0 Å². The first-order chi connectivity index (χ1) is 8.83. The van der Waals surface area contributed by atoms with Crippen LogP contribution in [0.2, 0.25) is 0 Å². The Morgan fingerprint density at radius 1 is 1.37 bits per heavy atom. The molecule has 0 bridgehead atoms. The molecule has 0 amide bonds. The Morgan fingerprint density at radius 2 is 2.00 bits per heavy atom. The second kappa shape index (κ2) is 6.02. The highest BCUT2D eigenvalue weighted by molar-refractivity contribution is 5.59. The Bertz CT molecular complexity index is 468. The topological polar surface area (TPSA) is 75.4 Å². The number of hydrogen-bond acceptors (Lipinski definition) is 4. The van der Waals surface area contributed by atoms with E-state index < -0.39 is 0 Å². The Balaban J connectivity index is 2.92. The molecule has 1 atom stereocenters. The third kappa shape index (κ3) is 3.67. The van der Waals surface area contributed by atoms with Gasteiger partial charge in [0.2, 0.25) is 0 Å². The van der Waals surface area contributed by atoms with Gasteiger partial charge in [0.1, 0.15) is 0 Å². The Labute approximate surface area is 113 Å². The summed E-state index contributed by atoms with van der Waals surface area (Å²) in [5, 5.41) is 23.5. The maximum absolute atomic E-state index is 10.8. The standard InChI is InChI=1S/C14H22N2O3/c1-5-14(4,9-17)8-15-12-6-11(3)13(16(18)19)7-10(12)2/h6-7,15,17H,5,8-9H2,1-4H3. The Hall–Kier alpha value is -1.62. The average molecular weight is 266 g/mol. The second-order valence-electron chi connectivity index (χ2n) is 5.39. The summed E-state index contributed by atoms with van der Waals surface area (Å²) in [5.41, 5.74) is 2.33. The lowest BCUT2D eigenvalue weighted by atomic mass is 9.88. The van der Waals surface area contributed by atoms with Crippen LogP contribution < -0.4 is 5.32 Å². The van der Waals surface area contributed by atoms with Crippen molar-refractivity contribution in [3.8, 4) is 0 Å². The molecule has 0 aromatic heterocycles. The molecule has 0 aliphatic carbocycles. The molecule has 1 rings (SSSR count). The molecule has 0 radical (unpaired) electrons. The van der Waals surface area contributed by atoms with Gasteiger partial charge in [-0.2, -0.15) is 0 Å². The number of aliphatic hydroxyl groups is 1. The zero-order chi connectivity index (χ0) is 14.6. The molecule has 5 nitrogen and oxygen atoms in total. The maximum atomic E-state index is 10.8. The number of aryl methyl sites for hydroxylation is 2. The number of rotatable bonds is 6. The van der Waals surface area contributed by atoms with Crippen LogP contribution in [0.15, 0.2) is 12.1 Å². The normalized spacial score (nSPS) is 13.9. The molecule has 0 saturated heterocycles. The third-order valence-electron chi connectivity index (χ3n) is 3.68. The summed E-state index contributed by atoms with van der Waals surface area (Å²) < 4.78 is 0. The SMILES string of the molecule is CCC(C)(CO)CNc1cc(C)c([N+](=O)[O-])cc1C. The average Bonchev–Trinajstić information content (AvgIpc) is 2.38. The highest BCUT2D eigenvalue weighted by Crippen LogP contribution is 2.27. The zero-order valence-corrected chi connectivity index (χ0v) is 12.0. The van der Waals surface area contributed by atoms with E-state index in [2.05, 4.69) is 5.32 Å². The van der Waals surface area contributed by atoms with Gasteiger partial charge in [0.05, 0.1) is 11.5 Å². The van der Waals surface area contributed by atoms with Crippen molar-refractivity contribution in [2.75, 3.05) is 18.5 Å². The molecule has 1 unspecified atom stereocenters. The molecule has 0 heterocycles. The van der Waals surface area contributed by atoms with Crippen LogP contribution in [0.5, 0.6) is 0 Å². The molecule has 0 fully saturated rings. The molecule has 0 spiro atoms. The molecule has 106 valence electrons. The van der Waals surface area contributed by atoms with Crippen LogP contribution in [0.4, 0.5) is 11.4 Å². The molecule has 2 N–H and O–H groups in total. The fourth-order valence-electron chi connectivity index (χ4n) is 1.79. The van der Waals surface area contributed by atoms with Gasteiger partial charge < -0.3 is 10.4 Å². The smallest absolute Gasteiger partial charge is 0.272 e. The molecular formula is C14H22N2O3. The van der Waals surface area contributed by atoms with E-state index >= 15 is 0 Å². The predicted molar refractivity (Wildman–Crippen MR) is 76.5 cm³/mol. The van der Waals surface area contributed by atoms with Gasteiger partial charge in [0.15, 0.2) is 0 Å². The van der Waals surface area contributed by atoms with E-state index in [0.29, 0.717) is 12.1 Å². The minimum Gasteiger partial charge on any atom is -0.396 e. The first-order valence-corrected chi connectivity index (χ1v) is 6.43. The highest BCUT2D eigenvalue weighted by Gasteiger charge is 2.21. The van der Waals surface area contributed by atoms with Crippen LogP contribution in [0, 0.1) is 29.4 Å². The van der Waals surface area contributed by atoms with E-state index in [-0.39, 0.29) is 22.6 Å². The molecule has 19 heavy (non-hydrogen) atoms. The predicted octanol–water partition coefficient (Wildman–Crippen LogP) is 3.03. The zero-order valence-electron chi connectivity index (χ0n) is 12.0. The number of nitro benzene ring substituents is 1. The van der Waals surface area contributed by atoms with Crippen LogP contribution in [0.1, 0.15) is 31.4 Å². The molecule has 1 aromatic carbocycles. The van der Waals surface area contributed by atoms with E-state index in [4.69, 9.17) is 0 Å². The number of anilines is 1. The van der Waals surface area contributed by atoms with Crippen molar-refractivity contribution in [2.24, 2.45) is 5.41 Å². The largest absolute Gasteiger partial charge is 0.396 e. The lowest BCUT2D eigenvalue weighted by Crippen LogP contribution is -2.29. The summed E-state index contributed by atoms with van der Waals surface area (Å²) in [4.78, 5) is 10.5. The van der Waals surface area contributed by atoms with E-state index in [1.54, 1.807) is 19.1 Å². The maximum Gasteiger partial charge on any atom is 0.272 e. The third-order valence-corrected chi connectivity index (χ3v) is 3.68. The van der Waals surface area contributed by atoms with Gasteiger partial charge in [-0.3, -0.25) is 10.1 Å². The first kappa shape index (κ1) is 15.4. The Kier molecular flexibility index (Phi) is 4.89. The van der Waals surface area contributed by atoms with Gasteiger partial charge in [0, 0.05) is 29.3 Å². The monoisotopic (exact) mass is 266 g/mol. The minimum absolute atomic E-state index is 0.113. The molecular weight excluding hydrogens is 244 g/mol. The van der Waals surface area contributed by atoms with Crippen molar-refractivity contribution in [3.05, 3.63) is 33.4 Å². The van der Waals surface area contributed by atoms with E-state index in [9.17, 15) is 15.2 Å². The van der Waals surface area contributed by atoms with Gasteiger partial charge >= 0.3 is 0 Å². The van der Waals surface area contributed by atoms with Crippen molar-refractivity contribution in [3.63, 3.8) is 0 Å². The van der Waals surface area contributed by atoms with E-state index in [0.717, 1.165) is 17.7 Å². The lowest BCUT2D eigenvalue weighted by molar-refractivity contribution is -0.385. The van der Waals surface area contributed by atoms with Crippen LogP contribution in [0.25, 0.3) is 0 Å². The van der Waals surface area contributed by atoms with Gasteiger partial charge in [-0.05, 0) is 31.9 Å². The molecule has 0 aliphatic rings. The van der Waals surface area contributed by atoms with Gasteiger partial charge in [-0.1, -0.05) is 13.8 Å². The lowest BCUT2D eigenvalue weighted by Gasteiger charge is -2.27. The van der Waals surface area contributed by atoms with Crippen molar-refractivity contribution in [1.29, 1.82) is 0 Å². The molecule has 5 heteroatoms. The fraction of sp³-hybridized carbons (Fsp3) is 0.571. The number of aliphatic hydroxyl groups excluding tert-OH is 1. The van der Waals surface area contributed by atoms with Crippen molar-refractivity contribution >= 4 is 11.4 Å².